The van der Waals surface area contributed by atoms with Gasteiger partial charge in [-0.05, 0) is 42.9 Å². The standard InChI is InChI=1S/C27H37N3O6/c1-5-34-25(33)35-22-8-6-7-15-30(22)24(32)21-18-27(36-28-21)13-16-29(17-14-27)23(31)19-9-11-20(12-10-19)26(2,3)4/h9-12,22H,5-8,13-18H2,1-4H3. The van der Waals surface area contributed by atoms with E-state index in [0.29, 0.717) is 56.6 Å². The van der Waals surface area contributed by atoms with Crippen molar-refractivity contribution in [2.24, 2.45) is 5.16 Å². The van der Waals surface area contributed by atoms with E-state index in [1.807, 2.05) is 29.2 Å². The number of rotatable bonds is 4. The van der Waals surface area contributed by atoms with E-state index in [4.69, 9.17) is 14.3 Å². The van der Waals surface area contributed by atoms with Gasteiger partial charge in [0.1, 0.15) is 11.3 Å². The van der Waals surface area contributed by atoms with Gasteiger partial charge in [0.2, 0.25) is 0 Å². The van der Waals surface area contributed by atoms with E-state index in [9.17, 15) is 14.4 Å². The van der Waals surface area contributed by atoms with Gasteiger partial charge in [-0.25, -0.2) is 4.79 Å². The van der Waals surface area contributed by atoms with Crippen molar-refractivity contribution in [3.05, 3.63) is 35.4 Å². The molecule has 9 nitrogen and oxygen atoms in total. The van der Waals surface area contributed by atoms with Crippen molar-refractivity contribution in [1.82, 2.24) is 9.80 Å². The van der Waals surface area contributed by atoms with Crippen molar-refractivity contribution in [1.29, 1.82) is 0 Å². The molecule has 1 aromatic carbocycles. The molecule has 1 unspecified atom stereocenters. The first-order chi connectivity index (χ1) is 17.1. The van der Waals surface area contributed by atoms with E-state index in [1.165, 1.54) is 5.56 Å². The van der Waals surface area contributed by atoms with Gasteiger partial charge < -0.3 is 24.1 Å². The third-order valence-corrected chi connectivity index (χ3v) is 7.25. The van der Waals surface area contributed by atoms with Gasteiger partial charge in [-0.2, -0.15) is 0 Å². The number of hydrogen-bond acceptors (Lipinski definition) is 7. The number of ether oxygens (including phenoxy) is 2. The van der Waals surface area contributed by atoms with Crippen molar-refractivity contribution < 1.29 is 28.7 Å². The first-order valence-electron chi connectivity index (χ1n) is 12.9. The average molecular weight is 500 g/mol. The monoisotopic (exact) mass is 499 g/mol. The van der Waals surface area contributed by atoms with Gasteiger partial charge in [0.15, 0.2) is 6.23 Å². The molecule has 0 N–H and O–H groups in total. The number of nitrogens with zero attached hydrogens (tertiary/aromatic N) is 3. The average Bonchev–Trinajstić information content (AvgIpc) is 3.27. The minimum atomic E-state index is -0.770. The number of carbonyl (C=O) groups excluding carboxylic acids is 3. The van der Waals surface area contributed by atoms with Crippen molar-refractivity contribution in [2.45, 2.75) is 83.5 Å². The molecule has 196 valence electrons. The molecule has 0 aliphatic carbocycles. The molecule has 3 aliphatic rings. The maximum Gasteiger partial charge on any atom is 0.510 e. The lowest BCUT2D eigenvalue weighted by atomic mass is 9.85. The number of hydrogen-bond donors (Lipinski definition) is 0. The van der Waals surface area contributed by atoms with Gasteiger partial charge >= 0.3 is 6.16 Å². The molecule has 2 fully saturated rings. The van der Waals surface area contributed by atoms with Crippen molar-refractivity contribution >= 4 is 23.7 Å². The van der Waals surface area contributed by atoms with Crippen LogP contribution >= 0.6 is 0 Å². The summed E-state index contributed by atoms with van der Waals surface area (Å²) in [6.07, 6.45) is 2.42. The van der Waals surface area contributed by atoms with Crippen LogP contribution in [0.2, 0.25) is 0 Å². The molecule has 0 bridgehead atoms. The van der Waals surface area contributed by atoms with Crippen LogP contribution in [0, 0.1) is 0 Å². The Labute approximate surface area is 212 Å². The Bertz CT molecular complexity index is 1010. The Hall–Kier alpha value is -3.10. The highest BCUT2D eigenvalue weighted by atomic mass is 16.7. The van der Waals surface area contributed by atoms with Crippen LogP contribution in [0.15, 0.2) is 29.4 Å². The van der Waals surface area contributed by atoms with Crippen LogP contribution in [0.1, 0.15) is 82.1 Å². The summed E-state index contributed by atoms with van der Waals surface area (Å²) in [7, 11) is 0. The second kappa shape index (κ2) is 10.5. The highest BCUT2D eigenvalue weighted by Crippen LogP contribution is 2.36. The Morgan fingerprint density at radius 3 is 2.39 bits per heavy atom. The number of piperidine rings is 2. The fourth-order valence-corrected chi connectivity index (χ4v) is 5.00. The Morgan fingerprint density at radius 1 is 1.06 bits per heavy atom. The molecule has 0 radical (unpaired) electrons. The van der Waals surface area contributed by atoms with Crippen LogP contribution in [0.25, 0.3) is 0 Å². The topological polar surface area (TPSA) is 97.7 Å². The molecule has 1 aromatic rings. The number of carbonyl (C=O) groups is 3. The summed E-state index contributed by atoms with van der Waals surface area (Å²) in [5.41, 5.74) is 1.66. The predicted molar refractivity (Wildman–Crippen MR) is 134 cm³/mol. The molecule has 0 saturated carbocycles. The van der Waals surface area contributed by atoms with Crippen molar-refractivity contribution in [3.8, 4) is 0 Å². The molecule has 2 amide bonds. The van der Waals surface area contributed by atoms with E-state index in [1.54, 1.807) is 11.8 Å². The molecule has 36 heavy (non-hydrogen) atoms. The van der Waals surface area contributed by atoms with Crippen LogP contribution in [0.5, 0.6) is 0 Å². The highest BCUT2D eigenvalue weighted by Gasteiger charge is 2.46. The molecule has 1 atom stereocenters. The van der Waals surface area contributed by atoms with E-state index >= 15 is 0 Å². The van der Waals surface area contributed by atoms with Gasteiger partial charge in [0.05, 0.1) is 6.61 Å². The largest absolute Gasteiger partial charge is 0.510 e. The van der Waals surface area contributed by atoms with Crippen molar-refractivity contribution in [2.75, 3.05) is 26.2 Å². The second-order valence-corrected chi connectivity index (χ2v) is 10.9. The lowest BCUT2D eigenvalue weighted by Gasteiger charge is -2.37. The van der Waals surface area contributed by atoms with Crippen molar-refractivity contribution in [3.63, 3.8) is 0 Å². The normalized spacial score (nSPS) is 21.6. The maximum absolute atomic E-state index is 13.3. The van der Waals surface area contributed by atoms with E-state index in [0.717, 1.165) is 12.8 Å². The van der Waals surface area contributed by atoms with Crippen LogP contribution in [-0.2, 0) is 24.5 Å². The van der Waals surface area contributed by atoms with E-state index < -0.39 is 18.0 Å². The van der Waals surface area contributed by atoms with Gasteiger partial charge in [-0.3, -0.25) is 9.59 Å². The summed E-state index contributed by atoms with van der Waals surface area (Å²) >= 11 is 0. The van der Waals surface area contributed by atoms with Crippen LogP contribution in [0.4, 0.5) is 4.79 Å². The van der Waals surface area contributed by atoms with E-state index in [2.05, 4.69) is 25.9 Å². The summed E-state index contributed by atoms with van der Waals surface area (Å²) in [5, 5.41) is 4.15. The molecule has 0 aromatic heterocycles. The first-order valence-corrected chi connectivity index (χ1v) is 12.9. The Balaban J connectivity index is 1.33. The lowest BCUT2D eigenvalue weighted by molar-refractivity contribution is -0.139. The maximum atomic E-state index is 13.3. The molecule has 3 heterocycles. The molecule has 3 aliphatic heterocycles. The van der Waals surface area contributed by atoms with E-state index in [-0.39, 0.29) is 23.8 Å². The Kier molecular flexibility index (Phi) is 7.57. The van der Waals surface area contributed by atoms with Gasteiger partial charge in [0, 0.05) is 50.9 Å². The van der Waals surface area contributed by atoms with Gasteiger partial charge in [-0.15, -0.1) is 0 Å². The predicted octanol–water partition coefficient (Wildman–Crippen LogP) is 4.25. The summed E-state index contributed by atoms with van der Waals surface area (Å²) in [6, 6.07) is 7.83. The van der Waals surface area contributed by atoms with Crippen LogP contribution in [-0.4, -0.2) is 71.6 Å². The minimum absolute atomic E-state index is 0.00722. The zero-order valence-electron chi connectivity index (χ0n) is 21.7. The van der Waals surface area contributed by atoms with Gasteiger partial charge in [0.25, 0.3) is 11.8 Å². The SMILES string of the molecule is CCOC(=O)OC1CCCCN1C(=O)C1=NOC2(CCN(C(=O)c3ccc(C(C)(C)C)cc3)CC2)C1. The number of amides is 2. The Morgan fingerprint density at radius 2 is 1.75 bits per heavy atom. The second-order valence-electron chi connectivity index (χ2n) is 10.9. The zero-order valence-corrected chi connectivity index (χ0v) is 21.7. The fraction of sp³-hybridized carbons (Fsp3) is 0.630. The quantitative estimate of drug-likeness (QED) is 0.575. The summed E-state index contributed by atoms with van der Waals surface area (Å²) < 4.78 is 10.3. The molecular formula is C27H37N3O6. The first kappa shape index (κ1) is 26.0. The molecule has 9 heteroatoms. The third kappa shape index (κ3) is 5.65. The number of oxime groups is 1. The molecule has 1 spiro atoms. The summed E-state index contributed by atoms with van der Waals surface area (Å²) in [6.45, 7) is 9.93. The molecule has 4 rings (SSSR count). The smallest absolute Gasteiger partial charge is 0.435 e. The van der Waals surface area contributed by atoms with Gasteiger partial charge in [-0.1, -0.05) is 38.1 Å². The lowest BCUT2D eigenvalue weighted by Crippen LogP contribution is -2.50. The number of likely N-dealkylation sites (tertiary alicyclic amines) is 2. The zero-order chi connectivity index (χ0) is 25.9. The highest BCUT2D eigenvalue weighted by molar-refractivity contribution is 6.39. The molecule has 2 saturated heterocycles. The third-order valence-electron chi connectivity index (χ3n) is 7.25. The molecular weight excluding hydrogens is 462 g/mol. The van der Waals surface area contributed by atoms with Crippen LogP contribution in [0.3, 0.4) is 0 Å². The van der Waals surface area contributed by atoms with Crippen LogP contribution < -0.4 is 0 Å². The minimum Gasteiger partial charge on any atom is -0.435 e. The number of benzene rings is 1. The summed E-state index contributed by atoms with van der Waals surface area (Å²) in [5.74, 6) is -0.258. The summed E-state index contributed by atoms with van der Waals surface area (Å²) in [4.78, 5) is 47.3. The fourth-order valence-electron chi connectivity index (χ4n) is 5.00.